The molecule has 4 fully saturated rings. The zero-order valence-electron chi connectivity index (χ0n) is 17.5. The maximum absolute atomic E-state index is 12.6. The molecule has 1 aromatic rings. The lowest BCUT2D eigenvalue weighted by atomic mass is 9.49. The Labute approximate surface area is 171 Å². The molecule has 29 heavy (non-hydrogen) atoms. The lowest BCUT2D eigenvalue weighted by molar-refractivity contribution is -0.150. The molecular weight excluding hydrogens is 372 g/mol. The van der Waals surface area contributed by atoms with Gasteiger partial charge < -0.3 is 18.9 Å². The second-order valence-electron chi connectivity index (χ2n) is 9.09. The third-order valence-electron chi connectivity index (χ3n) is 7.04. The van der Waals surface area contributed by atoms with E-state index in [2.05, 4.69) is 0 Å². The van der Waals surface area contributed by atoms with E-state index in [1.54, 1.807) is 12.1 Å². The van der Waals surface area contributed by atoms with Crippen LogP contribution in [-0.2, 0) is 9.53 Å². The normalized spacial score (nSPS) is 29.4. The van der Waals surface area contributed by atoms with E-state index in [-0.39, 0.29) is 23.8 Å². The first-order valence-electron chi connectivity index (χ1n) is 10.4. The molecule has 0 N–H and O–H groups in total. The largest absolute Gasteiger partial charge is 0.493 e. The third-order valence-corrected chi connectivity index (χ3v) is 7.04. The first-order valence-corrected chi connectivity index (χ1v) is 10.4. The molecule has 0 saturated heterocycles. The van der Waals surface area contributed by atoms with Crippen LogP contribution in [-0.4, -0.2) is 39.7 Å². The van der Waals surface area contributed by atoms with Gasteiger partial charge in [-0.3, -0.25) is 9.59 Å². The van der Waals surface area contributed by atoms with Gasteiger partial charge in [0, 0.05) is 5.56 Å². The van der Waals surface area contributed by atoms with Gasteiger partial charge in [-0.05, 0) is 73.8 Å². The molecule has 0 radical (unpaired) electrons. The number of ether oxygens (including phenoxy) is 4. The fourth-order valence-corrected chi connectivity index (χ4v) is 6.34. The second kappa shape index (κ2) is 7.88. The van der Waals surface area contributed by atoms with Gasteiger partial charge in [-0.25, -0.2) is 0 Å². The van der Waals surface area contributed by atoms with Crippen molar-refractivity contribution < 1.29 is 28.5 Å². The van der Waals surface area contributed by atoms with Gasteiger partial charge in [0.05, 0.1) is 27.8 Å². The fraction of sp³-hybridized carbons (Fsp3) is 0.652. The molecule has 5 rings (SSSR count). The summed E-state index contributed by atoms with van der Waals surface area (Å²) in [5.41, 5.74) is 0.476. The summed E-state index contributed by atoms with van der Waals surface area (Å²) in [6.07, 6.45) is 7.91. The Hall–Kier alpha value is -2.24. The lowest BCUT2D eigenvalue weighted by Crippen LogP contribution is -2.47. The van der Waals surface area contributed by atoms with Crippen LogP contribution in [0.2, 0.25) is 0 Å². The Morgan fingerprint density at radius 1 is 0.897 bits per heavy atom. The van der Waals surface area contributed by atoms with Gasteiger partial charge in [-0.15, -0.1) is 0 Å². The highest BCUT2D eigenvalue weighted by Crippen LogP contribution is 2.61. The van der Waals surface area contributed by atoms with Crippen molar-refractivity contribution in [1.29, 1.82) is 0 Å². The number of esters is 1. The van der Waals surface area contributed by atoms with Crippen molar-refractivity contribution in [2.75, 3.05) is 27.9 Å². The maximum atomic E-state index is 12.6. The Kier molecular flexibility index (Phi) is 5.45. The number of carbonyl (C=O) groups excluding carboxylic acids is 2. The van der Waals surface area contributed by atoms with Crippen molar-refractivity contribution in [2.45, 2.75) is 44.9 Å². The molecule has 0 aliphatic heterocycles. The molecule has 6 nitrogen and oxygen atoms in total. The topological polar surface area (TPSA) is 71.1 Å². The molecule has 0 heterocycles. The summed E-state index contributed by atoms with van der Waals surface area (Å²) in [7, 11) is 4.50. The fourth-order valence-electron chi connectivity index (χ4n) is 6.34. The quantitative estimate of drug-likeness (QED) is 0.483. The van der Waals surface area contributed by atoms with Gasteiger partial charge in [-0.1, -0.05) is 0 Å². The number of ketones is 1. The molecule has 4 aliphatic carbocycles. The summed E-state index contributed by atoms with van der Waals surface area (Å²) in [6, 6.07) is 3.16. The molecule has 6 heteroatoms. The van der Waals surface area contributed by atoms with Crippen molar-refractivity contribution in [2.24, 2.45) is 23.2 Å². The van der Waals surface area contributed by atoms with Gasteiger partial charge in [0.15, 0.2) is 18.1 Å². The smallest absolute Gasteiger partial charge is 0.306 e. The van der Waals surface area contributed by atoms with Crippen molar-refractivity contribution in [3.05, 3.63) is 17.7 Å². The van der Waals surface area contributed by atoms with E-state index >= 15 is 0 Å². The summed E-state index contributed by atoms with van der Waals surface area (Å²) >= 11 is 0. The van der Waals surface area contributed by atoms with E-state index in [1.807, 2.05) is 0 Å². The Morgan fingerprint density at radius 3 is 1.86 bits per heavy atom. The Balaban J connectivity index is 1.38. The molecule has 0 spiro atoms. The predicted molar refractivity (Wildman–Crippen MR) is 107 cm³/mol. The number of hydrogen-bond donors (Lipinski definition) is 0. The van der Waals surface area contributed by atoms with Crippen LogP contribution in [0.5, 0.6) is 17.2 Å². The van der Waals surface area contributed by atoms with Gasteiger partial charge in [0.1, 0.15) is 0 Å². The third kappa shape index (κ3) is 3.94. The van der Waals surface area contributed by atoms with E-state index in [1.165, 1.54) is 40.6 Å². The molecule has 0 amide bonds. The number of carbonyl (C=O) groups is 2. The number of hydrogen-bond acceptors (Lipinski definition) is 6. The highest BCUT2D eigenvalue weighted by atomic mass is 16.5. The first-order chi connectivity index (χ1) is 13.9. The van der Waals surface area contributed by atoms with Crippen LogP contribution in [0.4, 0.5) is 0 Å². The van der Waals surface area contributed by atoms with Crippen molar-refractivity contribution in [1.82, 2.24) is 0 Å². The van der Waals surface area contributed by atoms with Gasteiger partial charge in [-0.2, -0.15) is 0 Å². The molecule has 4 saturated carbocycles. The molecular formula is C23H30O6. The SMILES string of the molecule is COc1cc(C(=O)COC(=O)CC23CC4CC(CC(C4)C2)C3)cc(OC)c1OC. The van der Waals surface area contributed by atoms with E-state index in [0.29, 0.717) is 29.2 Å². The van der Waals surface area contributed by atoms with Gasteiger partial charge >= 0.3 is 5.97 Å². The number of methoxy groups -OCH3 is 3. The van der Waals surface area contributed by atoms with Crippen molar-refractivity contribution in [3.8, 4) is 17.2 Å². The molecule has 0 atom stereocenters. The lowest BCUT2D eigenvalue weighted by Gasteiger charge is -2.56. The minimum Gasteiger partial charge on any atom is -0.493 e. The Morgan fingerprint density at radius 2 is 1.41 bits per heavy atom. The number of rotatable bonds is 8. The number of Topliss-reactive ketones (excluding diaryl/α,β-unsaturated/α-hetero) is 1. The molecule has 4 bridgehead atoms. The van der Waals surface area contributed by atoms with Crippen LogP contribution in [0.15, 0.2) is 12.1 Å². The van der Waals surface area contributed by atoms with Crippen LogP contribution >= 0.6 is 0 Å². The molecule has 1 aromatic carbocycles. The zero-order chi connectivity index (χ0) is 20.6. The summed E-state index contributed by atoms with van der Waals surface area (Å²) in [6.45, 7) is -0.274. The van der Waals surface area contributed by atoms with Crippen LogP contribution in [0, 0.1) is 23.2 Å². The summed E-state index contributed by atoms with van der Waals surface area (Å²) in [5, 5.41) is 0. The van der Waals surface area contributed by atoms with Crippen LogP contribution < -0.4 is 14.2 Å². The molecule has 158 valence electrons. The summed E-state index contributed by atoms with van der Waals surface area (Å²) in [4.78, 5) is 25.2. The van der Waals surface area contributed by atoms with Crippen molar-refractivity contribution >= 4 is 11.8 Å². The average Bonchev–Trinajstić information content (AvgIpc) is 2.69. The molecule has 0 unspecified atom stereocenters. The zero-order valence-corrected chi connectivity index (χ0v) is 17.5. The first kappa shape index (κ1) is 20.0. The van der Waals surface area contributed by atoms with Crippen LogP contribution in [0.1, 0.15) is 55.3 Å². The van der Waals surface area contributed by atoms with Crippen LogP contribution in [0.25, 0.3) is 0 Å². The number of benzene rings is 1. The predicted octanol–water partition coefficient (Wildman–Crippen LogP) is 4.04. The summed E-state index contributed by atoms with van der Waals surface area (Å²) < 4.78 is 21.3. The second-order valence-corrected chi connectivity index (χ2v) is 9.09. The van der Waals surface area contributed by atoms with E-state index in [4.69, 9.17) is 18.9 Å². The molecule has 0 aromatic heterocycles. The van der Waals surface area contributed by atoms with Crippen molar-refractivity contribution in [3.63, 3.8) is 0 Å². The van der Waals surface area contributed by atoms with Gasteiger partial charge in [0.25, 0.3) is 0 Å². The minimum atomic E-state index is -0.289. The van der Waals surface area contributed by atoms with E-state index in [9.17, 15) is 9.59 Å². The Bertz CT molecular complexity index is 738. The average molecular weight is 402 g/mol. The molecule has 4 aliphatic rings. The van der Waals surface area contributed by atoms with Gasteiger partial charge in [0.2, 0.25) is 11.5 Å². The highest BCUT2D eigenvalue weighted by molar-refractivity contribution is 5.99. The van der Waals surface area contributed by atoms with E-state index < -0.39 is 0 Å². The standard InChI is InChI=1S/C23H30O6/c1-26-19-7-17(8-20(27-2)22(19)28-3)18(24)13-29-21(25)12-23-9-14-4-15(10-23)6-16(5-14)11-23/h7-8,14-16H,4-6,9-13H2,1-3H3. The monoisotopic (exact) mass is 402 g/mol. The van der Waals surface area contributed by atoms with E-state index in [0.717, 1.165) is 37.0 Å². The van der Waals surface area contributed by atoms with Crippen LogP contribution in [0.3, 0.4) is 0 Å². The summed E-state index contributed by atoms with van der Waals surface area (Å²) in [5.74, 6) is 3.03. The maximum Gasteiger partial charge on any atom is 0.306 e. The highest BCUT2D eigenvalue weighted by Gasteiger charge is 2.51. The minimum absolute atomic E-state index is 0.113.